The van der Waals surface area contributed by atoms with Crippen molar-refractivity contribution < 1.29 is 22.7 Å². The van der Waals surface area contributed by atoms with Gasteiger partial charge in [-0.1, -0.05) is 0 Å². The zero-order chi connectivity index (χ0) is 19.4. The number of hydrogen-bond acceptors (Lipinski definition) is 6. The first kappa shape index (κ1) is 20.1. The van der Waals surface area contributed by atoms with Crippen LogP contribution in [0.25, 0.3) is 0 Å². The molecule has 2 aliphatic rings. The fraction of sp³-hybridized carbons (Fsp3) is 0.611. The van der Waals surface area contributed by atoms with E-state index in [2.05, 4.69) is 9.62 Å². The van der Waals surface area contributed by atoms with E-state index < -0.39 is 10.0 Å². The summed E-state index contributed by atoms with van der Waals surface area (Å²) in [6.07, 6.45) is 0.590. The summed E-state index contributed by atoms with van der Waals surface area (Å²) >= 11 is 0. The van der Waals surface area contributed by atoms with E-state index >= 15 is 0 Å². The van der Waals surface area contributed by atoms with Crippen LogP contribution < -0.4 is 14.4 Å². The van der Waals surface area contributed by atoms with E-state index in [-0.39, 0.29) is 16.9 Å². The van der Waals surface area contributed by atoms with Crippen molar-refractivity contribution in [2.45, 2.75) is 31.3 Å². The van der Waals surface area contributed by atoms with Crippen LogP contribution in [0, 0.1) is 0 Å². The number of amides is 1. The minimum Gasteiger partial charge on any atom is -0.487 e. The monoisotopic (exact) mass is 397 g/mol. The molecule has 1 aromatic carbocycles. The number of nitrogens with one attached hydrogen (secondary N) is 1. The Morgan fingerprint density at radius 1 is 1.30 bits per heavy atom. The Hall–Kier alpha value is -1.68. The molecule has 1 N–H and O–H groups in total. The summed E-state index contributed by atoms with van der Waals surface area (Å²) < 4.78 is 38.9. The van der Waals surface area contributed by atoms with Crippen molar-refractivity contribution in [2.75, 3.05) is 50.8 Å². The van der Waals surface area contributed by atoms with Gasteiger partial charge in [-0.3, -0.25) is 9.69 Å². The van der Waals surface area contributed by atoms with Gasteiger partial charge in [0.25, 0.3) is 0 Å². The van der Waals surface area contributed by atoms with E-state index in [0.717, 1.165) is 39.3 Å². The molecule has 1 saturated heterocycles. The molecule has 1 fully saturated rings. The quantitative estimate of drug-likeness (QED) is 0.715. The maximum absolute atomic E-state index is 12.6. The van der Waals surface area contributed by atoms with Crippen molar-refractivity contribution in [3.63, 3.8) is 0 Å². The number of nitrogens with zero attached hydrogens (tertiary/aromatic N) is 2. The van der Waals surface area contributed by atoms with Crippen molar-refractivity contribution >= 4 is 21.6 Å². The predicted octanol–water partition coefficient (Wildman–Crippen LogP) is 0.821. The molecule has 0 saturated carbocycles. The topological polar surface area (TPSA) is 88.2 Å². The molecule has 1 unspecified atom stereocenters. The van der Waals surface area contributed by atoms with Gasteiger partial charge in [0.1, 0.15) is 11.9 Å². The van der Waals surface area contributed by atoms with E-state index in [4.69, 9.17) is 9.47 Å². The van der Waals surface area contributed by atoms with Crippen LogP contribution in [0.4, 0.5) is 5.69 Å². The zero-order valence-corrected chi connectivity index (χ0v) is 16.6. The summed E-state index contributed by atoms with van der Waals surface area (Å²) in [4.78, 5) is 15.9. The second-order valence-corrected chi connectivity index (χ2v) is 8.66. The molecule has 1 aromatic rings. The number of benzene rings is 1. The number of fused-ring (bicyclic) bond motifs is 1. The Labute approximate surface area is 160 Å². The van der Waals surface area contributed by atoms with Gasteiger partial charge in [0.15, 0.2) is 0 Å². The number of sulfonamides is 1. The molecule has 8 nitrogen and oxygen atoms in total. The Kier molecular flexibility index (Phi) is 6.36. The van der Waals surface area contributed by atoms with Crippen molar-refractivity contribution in [3.8, 4) is 5.75 Å². The van der Waals surface area contributed by atoms with Crippen LogP contribution in [0.1, 0.15) is 20.3 Å². The van der Waals surface area contributed by atoms with E-state index in [1.54, 1.807) is 11.0 Å². The summed E-state index contributed by atoms with van der Waals surface area (Å²) in [7, 11) is -3.65. The Balaban J connectivity index is 1.64. The van der Waals surface area contributed by atoms with Gasteiger partial charge >= 0.3 is 0 Å². The van der Waals surface area contributed by atoms with Gasteiger partial charge < -0.3 is 14.4 Å². The number of carbonyl (C=O) groups excluding carboxylic acids is 1. The van der Waals surface area contributed by atoms with Gasteiger partial charge in [-0.2, -0.15) is 0 Å². The standard InChI is InChI=1S/C18H27N3O5S/c1-14-13-21(15(2)22)17-12-16(4-5-18(17)26-14)27(23,24)19-6-3-7-20-8-10-25-11-9-20/h4-5,12,14,19H,3,6-11,13H2,1-2H3. The molecule has 3 rings (SSSR count). The second kappa shape index (κ2) is 8.55. The second-order valence-electron chi connectivity index (χ2n) is 6.89. The first-order valence-electron chi connectivity index (χ1n) is 9.25. The van der Waals surface area contributed by atoms with Crippen molar-refractivity contribution in [3.05, 3.63) is 18.2 Å². The van der Waals surface area contributed by atoms with Crippen molar-refractivity contribution in [1.82, 2.24) is 9.62 Å². The molecule has 1 atom stereocenters. The third kappa shape index (κ3) is 4.98. The molecule has 150 valence electrons. The number of carbonyl (C=O) groups is 1. The fourth-order valence-corrected chi connectivity index (χ4v) is 4.39. The van der Waals surface area contributed by atoms with Gasteiger partial charge in [0.2, 0.25) is 15.9 Å². The molecule has 0 spiro atoms. The maximum Gasteiger partial charge on any atom is 0.240 e. The van der Waals surface area contributed by atoms with Gasteiger partial charge in [0, 0.05) is 26.6 Å². The lowest BCUT2D eigenvalue weighted by atomic mass is 10.2. The predicted molar refractivity (Wildman–Crippen MR) is 102 cm³/mol. The fourth-order valence-electron chi connectivity index (χ4n) is 3.30. The van der Waals surface area contributed by atoms with Gasteiger partial charge in [-0.15, -0.1) is 0 Å². The molecule has 2 aliphatic heterocycles. The third-order valence-electron chi connectivity index (χ3n) is 4.73. The van der Waals surface area contributed by atoms with Crippen molar-refractivity contribution in [2.24, 2.45) is 0 Å². The number of rotatable bonds is 6. The highest BCUT2D eigenvalue weighted by atomic mass is 32.2. The molecule has 0 aliphatic carbocycles. The molecule has 27 heavy (non-hydrogen) atoms. The highest BCUT2D eigenvalue weighted by molar-refractivity contribution is 7.89. The highest BCUT2D eigenvalue weighted by Gasteiger charge is 2.27. The van der Waals surface area contributed by atoms with E-state index in [1.807, 2.05) is 6.92 Å². The molecule has 1 amide bonds. The number of hydrogen-bond donors (Lipinski definition) is 1. The Bertz CT molecular complexity index is 777. The van der Waals surface area contributed by atoms with E-state index in [1.165, 1.54) is 19.1 Å². The van der Waals surface area contributed by atoms with Crippen LogP contribution in [-0.4, -0.2) is 71.3 Å². The summed E-state index contributed by atoms with van der Waals surface area (Å²) in [5, 5.41) is 0. The molecule has 0 bridgehead atoms. The first-order chi connectivity index (χ1) is 12.9. The summed E-state index contributed by atoms with van der Waals surface area (Å²) in [5.41, 5.74) is 0.497. The Morgan fingerprint density at radius 3 is 2.74 bits per heavy atom. The van der Waals surface area contributed by atoms with Crippen LogP contribution in [-0.2, 0) is 19.6 Å². The lowest BCUT2D eigenvalue weighted by Gasteiger charge is -2.33. The number of ether oxygens (including phenoxy) is 2. The summed E-state index contributed by atoms with van der Waals surface area (Å²) in [5.74, 6) is 0.384. The number of morpholine rings is 1. The van der Waals surface area contributed by atoms with Crippen LogP contribution in [0.5, 0.6) is 5.75 Å². The van der Waals surface area contributed by atoms with Crippen molar-refractivity contribution in [1.29, 1.82) is 0 Å². The molecule has 2 heterocycles. The normalized spacial score (nSPS) is 20.8. The zero-order valence-electron chi connectivity index (χ0n) is 15.8. The molecule has 0 aromatic heterocycles. The van der Waals surface area contributed by atoms with Crippen LogP contribution >= 0.6 is 0 Å². The lowest BCUT2D eigenvalue weighted by molar-refractivity contribution is -0.117. The van der Waals surface area contributed by atoms with Crippen LogP contribution in [0.3, 0.4) is 0 Å². The van der Waals surface area contributed by atoms with Gasteiger partial charge in [-0.05, 0) is 38.1 Å². The maximum atomic E-state index is 12.6. The molecular weight excluding hydrogens is 370 g/mol. The summed E-state index contributed by atoms with van der Waals surface area (Å²) in [6.45, 7) is 8.17. The SMILES string of the molecule is CC(=O)N1CC(C)Oc2ccc(S(=O)(=O)NCCCN3CCOCC3)cc21. The van der Waals surface area contributed by atoms with Gasteiger partial charge in [0.05, 0.1) is 30.3 Å². The van der Waals surface area contributed by atoms with E-state index in [0.29, 0.717) is 24.5 Å². The largest absolute Gasteiger partial charge is 0.487 e. The summed E-state index contributed by atoms with van der Waals surface area (Å²) in [6, 6.07) is 4.63. The molecule has 0 radical (unpaired) electrons. The average Bonchev–Trinajstić information content (AvgIpc) is 2.65. The minimum atomic E-state index is -3.65. The van der Waals surface area contributed by atoms with Gasteiger partial charge in [-0.25, -0.2) is 13.1 Å². The lowest BCUT2D eigenvalue weighted by Crippen LogP contribution is -2.41. The average molecular weight is 397 g/mol. The molecular formula is C18H27N3O5S. The highest BCUT2D eigenvalue weighted by Crippen LogP contribution is 2.35. The van der Waals surface area contributed by atoms with Crippen LogP contribution in [0.2, 0.25) is 0 Å². The van der Waals surface area contributed by atoms with Crippen LogP contribution in [0.15, 0.2) is 23.1 Å². The Morgan fingerprint density at radius 2 is 2.04 bits per heavy atom. The molecule has 9 heteroatoms. The minimum absolute atomic E-state index is 0.136. The number of anilines is 1. The smallest absolute Gasteiger partial charge is 0.240 e. The third-order valence-corrected chi connectivity index (χ3v) is 6.19. The first-order valence-corrected chi connectivity index (χ1v) is 10.7. The van der Waals surface area contributed by atoms with E-state index in [9.17, 15) is 13.2 Å².